The molecule has 8 nitrogen and oxygen atoms in total. The Morgan fingerprint density at radius 2 is 1.93 bits per heavy atom. The van der Waals surface area contributed by atoms with E-state index in [1.54, 1.807) is 0 Å². The number of anilines is 1. The Bertz CT molecular complexity index is 1530. The van der Waals surface area contributed by atoms with Crippen molar-refractivity contribution in [1.29, 1.82) is 5.41 Å². The number of nitrogens with zero attached hydrogens (tertiary/aromatic N) is 3. The second-order valence-corrected chi connectivity index (χ2v) is 11.3. The van der Waals surface area contributed by atoms with Gasteiger partial charge in [0.1, 0.15) is 34.6 Å². The van der Waals surface area contributed by atoms with Crippen LogP contribution in [0.5, 0.6) is 0 Å². The van der Waals surface area contributed by atoms with Gasteiger partial charge in [-0.15, -0.1) is 0 Å². The number of carbonyl (C=O) groups excluding carboxylic acids is 1. The molecule has 2 unspecified atom stereocenters. The highest BCUT2D eigenvalue weighted by molar-refractivity contribution is 5.98. The molecule has 0 spiro atoms. The lowest BCUT2D eigenvalue weighted by Gasteiger charge is -2.26. The minimum atomic E-state index is 0.0528. The van der Waals surface area contributed by atoms with E-state index in [1.807, 2.05) is 62.4 Å². The second kappa shape index (κ2) is 12.6. The zero-order chi connectivity index (χ0) is 28.9. The van der Waals surface area contributed by atoms with Gasteiger partial charge in [0.15, 0.2) is 0 Å². The largest absolute Gasteiger partial charge is 0.461 e. The molecule has 41 heavy (non-hydrogen) atoms. The molecule has 8 heteroatoms. The molecule has 1 saturated heterocycles. The number of nitrogens with two attached hydrogens (primary N) is 1. The van der Waals surface area contributed by atoms with Crippen LogP contribution >= 0.6 is 0 Å². The first-order chi connectivity index (χ1) is 19.7. The number of likely N-dealkylation sites (tertiary alicyclic amines) is 1. The van der Waals surface area contributed by atoms with Crippen LogP contribution in [0.4, 0.5) is 5.82 Å². The number of ketones is 1. The molecular weight excluding hydrogens is 512 g/mol. The van der Waals surface area contributed by atoms with Crippen LogP contribution in [0.3, 0.4) is 0 Å². The van der Waals surface area contributed by atoms with Crippen LogP contribution in [0.25, 0.3) is 11.0 Å². The highest BCUT2D eigenvalue weighted by atomic mass is 16.3. The SMILES string of the molecule is CCN1CCC(C(CCc2cc3cc(C(=N)N)ccc3o2)Nc2cc(C)nc(CC(=O)Cc3ccc(C)cc3)n2)C1. The Kier molecular flexibility index (Phi) is 8.78. The van der Waals surface area contributed by atoms with Gasteiger partial charge in [-0.25, -0.2) is 9.97 Å². The van der Waals surface area contributed by atoms with Crippen molar-refractivity contribution in [1.82, 2.24) is 14.9 Å². The molecule has 0 bridgehead atoms. The Balaban J connectivity index is 1.30. The van der Waals surface area contributed by atoms with E-state index in [1.165, 1.54) is 5.56 Å². The van der Waals surface area contributed by atoms with E-state index in [9.17, 15) is 4.79 Å². The predicted octanol–water partition coefficient (Wildman–Crippen LogP) is 5.23. The first kappa shape index (κ1) is 28.5. The van der Waals surface area contributed by atoms with E-state index in [2.05, 4.69) is 28.2 Å². The maximum Gasteiger partial charge on any atom is 0.144 e. The zero-order valence-corrected chi connectivity index (χ0v) is 24.2. The third-order valence-corrected chi connectivity index (χ3v) is 8.02. The Morgan fingerprint density at radius 3 is 2.66 bits per heavy atom. The number of carbonyl (C=O) groups is 1. The van der Waals surface area contributed by atoms with Gasteiger partial charge in [-0.3, -0.25) is 10.2 Å². The van der Waals surface area contributed by atoms with Crippen LogP contribution in [0.2, 0.25) is 0 Å². The predicted molar refractivity (Wildman–Crippen MR) is 164 cm³/mol. The summed E-state index contributed by atoms with van der Waals surface area (Å²) in [5, 5.41) is 12.4. The van der Waals surface area contributed by atoms with Crippen molar-refractivity contribution in [2.24, 2.45) is 11.7 Å². The van der Waals surface area contributed by atoms with Gasteiger partial charge in [0, 0.05) is 48.1 Å². The third kappa shape index (κ3) is 7.38. The smallest absolute Gasteiger partial charge is 0.144 e. The zero-order valence-electron chi connectivity index (χ0n) is 24.2. The molecule has 214 valence electrons. The van der Waals surface area contributed by atoms with Crippen LogP contribution in [0.15, 0.2) is 59.0 Å². The van der Waals surface area contributed by atoms with Gasteiger partial charge < -0.3 is 20.4 Å². The highest BCUT2D eigenvalue weighted by Gasteiger charge is 2.29. The van der Waals surface area contributed by atoms with Crippen LogP contribution in [0, 0.1) is 25.2 Å². The molecule has 2 atom stereocenters. The highest BCUT2D eigenvalue weighted by Crippen LogP contribution is 2.27. The first-order valence-corrected chi connectivity index (χ1v) is 14.5. The molecule has 0 radical (unpaired) electrons. The lowest BCUT2D eigenvalue weighted by Crippen LogP contribution is -2.33. The maximum absolute atomic E-state index is 12.8. The molecule has 2 aromatic heterocycles. The number of benzene rings is 2. The fourth-order valence-electron chi connectivity index (χ4n) is 5.74. The Morgan fingerprint density at radius 1 is 1.12 bits per heavy atom. The number of nitrogens with one attached hydrogen (secondary N) is 2. The lowest BCUT2D eigenvalue weighted by atomic mass is 9.94. The van der Waals surface area contributed by atoms with E-state index in [0.717, 1.165) is 72.7 Å². The van der Waals surface area contributed by atoms with Gasteiger partial charge in [0.2, 0.25) is 0 Å². The summed E-state index contributed by atoms with van der Waals surface area (Å²) < 4.78 is 6.13. The number of fused-ring (bicyclic) bond motifs is 1. The molecule has 3 heterocycles. The van der Waals surface area contributed by atoms with Gasteiger partial charge in [0.25, 0.3) is 0 Å². The summed E-state index contributed by atoms with van der Waals surface area (Å²) in [5.41, 5.74) is 10.2. The molecule has 1 aliphatic heterocycles. The minimum absolute atomic E-state index is 0.0528. The van der Waals surface area contributed by atoms with Gasteiger partial charge in [-0.2, -0.15) is 0 Å². The summed E-state index contributed by atoms with van der Waals surface area (Å²) in [5.74, 6) is 2.88. The summed E-state index contributed by atoms with van der Waals surface area (Å²) in [4.78, 5) is 24.7. The number of hydrogen-bond donors (Lipinski definition) is 3. The Labute approximate surface area is 241 Å². The number of nitrogen functional groups attached to an aromatic ring is 1. The average molecular weight is 553 g/mol. The fraction of sp³-hybridized carbons (Fsp3) is 0.394. The molecule has 0 saturated carbocycles. The van der Waals surface area contributed by atoms with Crippen molar-refractivity contribution in [3.05, 3.63) is 88.6 Å². The van der Waals surface area contributed by atoms with Gasteiger partial charge >= 0.3 is 0 Å². The van der Waals surface area contributed by atoms with Crippen molar-refractivity contribution in [2.45, 2.75) is 58.9 Å². The number of aryl methyl sites for hydroxylation is 3. The number of amidine groups is 1. The van der Waals surface area contributed by atoms with Gasteiger partial charge in [-0.05, 0) is 75.5 Å². The van der Waals surface area contributed by atoms with Crippen molar-refractivity contribution >= 4 is 28.4 Å². The van der Waals surface area contributed by atoms with Crippen molar-refractivity contribution in [3.8, 4) is 0 Å². The fourth-order valence-corrected chi connectivity index (χ4v) is 5.74. The molecule has 0 amide bonds. The number of hydrogen-bond acceptors (Lipinski definition) is 7. The quantitative estimate of drug-likeness (QED) is 0.162. The maximum atomic E-state index is 12.8. The summed E-state index contributed by atoms with van der Waals surface area (Å²) in [6.45, 7) is 9.39. The molecule has 2 aromatic carbocycles. The van der Waals surface area contributed by atoms with Crippen molar-refractivity contribution in [3.63, 3.8) is 0 Å². The number of Topliss-reactive ketones (excluding diaryl/α,β-unsaturated/α-hetero) is 1. The number of aromatic nitrogens is 2. The standard InChI is InChI=1S/C33H40N6O2/c1-4-39-14-13-25(20-39)29(11-10-28-18-26-17-24(33(34)35)9-12-30(26)41-28)37-31-15-22(3)36-32(38-31)19-27(40)16-23-7-5-21(2)6-8-23/h5-9,12,15,17-18,25,29H,4,10-11,13-14,16,19-20H2,1-3H3,(H3,34,35)(H,36,37,38). The summed E-state index contributed by atoms with van der Waals surface area (Å²) in [6.07, 6.45) is 3.37. The van der Waals surface area contributed by atoms with Crippen LogP contribution < -0.4 is 11.1 Å². The molecule has 4 N–H and O–H groups in total. The normalized spacial score (nSPS) is 16.2. The average Bonchev–Trinajstić information content (AvgIpc) is 3.58. The van der Waals surface area contributed by atoms with E-state index in [0.29, 0.717) is 23.7 Å². The van der Waals surface area contributed by atoms with E-state index in [4.69, 9.17) is 20.5 Å². The molecule has 0 aliphatic carbocycles. The molecule has 4 aromatic rings. The summed E-state index contributed by atoms with van der Waals surface area (Å²) in [6, 6.07) is 17.9. The Hall–Kier alpha value is -4.04. The minimum Gasteiger partial charge on any atom is -0.461 e. The number of furan rings is 1. The molecule has 1 aliphatic rings. The summed E-state index contributed by atoms with van der Waals surface area (Å²) >= 11 is 0. The van der Waals surface area contributed by atoms with Crippen molar-refractivity contribution < 1.29 is 9.21 Å². The van der Waals surface area contributed by atoms with Gasteiger partial charge in [0.05, 0.1) is 6.42 Å². The van der Waals surface area contributed by atoms with Crippen LogP contribution in [-0.2, 0) is 24.1 Å². The van der Waals surface area contributed by atoms with Gasteiger partial charge in [-0.1, -0.05) is 36.8 Å². The van der Waals surface area contributed by atoms with Crippen LogP contribution in [-0.4, -0.2) is 52.2 Å². The number of rotatable bonds is 12. The topological polar surface area (TPSA) is 121 Å². The lowest BCUT2D eigenvalue weighted by molar-refractivity contribution is -0.117. The van der Waals surface area contributed by atoms with E-state index in [-0.39, 0.29) is 24.1 Å². The van der Waals surface area contributed by atoms with E-state index < -0.39 is 0 Å². The first-order valence-electron chi connectivity index (χ1n) is 14.5. The molecule has 1 fully saturated rings. The van der Waals surface area contributed by atoms with E-state index >= 15 is 0 Å². The molecule has 5 rings (SSSR count). The van der Waals surface area contributed by atoms with Crippen molar-refractivity contribution in [2.75, 3.05) is 25.0 Å². The van der Waals surface area contributed by atoms with Crippen LogP contribution in [0.1, 0.15) is 53.7 Å². The molecular formula is C33H40N6O2. The third-order valence-electron chi connectivity index (χ3n) is 8.02. The monoisotopic (exact) mass is 552 g/mol. The second-order valence-electron chi connectivity index (χ2n) is 11.3. The summed E-state index contributed by atoms with van der Waals surface area (Å²) in [7, 11) is 0.